The maximum atomic E-state index is 13.1. The minimum Gasteiger partial charge on any atom is -0.417 e. The lowest BCUT2D eigenvalue weighted by Gasteiger charge is -2.14. The van der Waals surface area contributed by atoms with Crippen LogP contribution in [0.25, 0.3) is 0 Å². The highest BCUT2D eigenvalue weighted by Crippen LogP contribution is 2.42. The fourth-order valence-electron chi connectivity index (χ4n) is 1.92. The van der Waals surface area contributed by atoms with Gasteiger partial charge in [0.15, 0.2) is 5.69 Å². The summed E-state index contributed by atoms with van der Waals surface area (Å²) in [6, 6.07) is 0. The number of alkyl halides is 5. The van der Waals surface area contributed by atoms with Gasteiger partial charge >= 0.3 is 12.8 Å². The van der Waals surface area contributed by atoms with E-state index in [4.69, 9.17) is 4.84 Å². The molecule has 5 nitrogen and oxygen atoms in total. The Morgan fingerprint density at radius 1 is 1.42 bits per heavy atom. The minimum atomic E-state index is -4.79. The topological polar surface area (TPSA) is 48.3 Å². The Labute approximate surface area is 146 Å². The number of aryl methyl sites for hydroxylation is 1. The number of nitrogens with zero attached hydrogens (tertiary/aromatic N) is 2. The van der Waals surface area contributed by atoms with Crippen molar-refractivity contribution in [2.75, 3.05) is 0 Å². The first-order valence-electron chi connectivity index (χ1n) is 6.48. The zero-order chi connectivity index (χ0) is 18.3. The molecule has 1 aliphatic rings. The molecule has 0 saturated carbocycles. The first-order chi connectivity index (χ1) is 10.9. The van der Waals surface area contributed by atoms with E-state index in [9.17, 15) is 22.0 Å². The molecule has 0 spiro atoms. The normalized spacial score (nSPS) is 17.6. The first-order valence-corrected chi connectivity index (χ1v) is 8.26. The molecule has 0 saturated heterocycles. The summed E-state index contributed by atoms with van der Waals surface area (Å²) in [5.41, 5.74) is 0.178. The van der Waals surface area contributed by atoms with Crippen LogP contribution in [0, 0.1) is 0 Å². The van der Waals surface area contributed by atoms with Crippen LogP contribution in [-0.2, 0) is 23.8 Å². The number of hydrogen-bond acceptors (Lipinski definition) is 5. The molecule has 24 heavy (non-hydrogen) atoms. The van der Waals surface area contributed by atoms with E-state index in [-0.39, 0.29) is 5.75 Å². The van der Waals surface area contributed by atoms with Crippen LogP contribution in [0.3, 0.4) is 0 Å². The molecule has 0 aromatic carbocycles. The van der Waals surface area contributed by atoms with Gasteiger partial charge in [-0.25, -0.2) is 4.68 Å². The molecule has 2 rings (SSSR count). The largest absolute Gasteiger partial charge is 0.435 e. The van der Waals surface area contributed by atoms with Gasteiger partial charge in [-0.2, -0.15) is 27.1 Å². The minimum absolute atomic E-state index is 0.290. The molecule has 1 aromatic rings. The Morgan fingerprint density at radius 2 is 2.04 bits per heavy atom. The van der Waals surface area contributed by atoms with Gasteiger partial charge in [-0.3, -0.25) is 10.3 Å². The van der Waals surface area contributed by atoms with Gasteiger partial charge in [0.1, 0.15) is 10.6 Å². The van der Waals surface area contributed by atoms with Gasteiger partial charge in [0, 0.05) is 12.8 Å². The summed E-state index contributed by atoms with van der Waals surface area (Å²) in [5.74, 6) is -0.915. The van der Waals surface area contributed by atoms with Crippen LogP contribution in [0.5, 0.6) is 5.88 Å². The smallest absolute Gasteiger partial charge is 0.417 e. The van der Waals surface area contributed by atoms with Gasteiger partial charge in [0.05, 0.1) is 10.0 Å². The average Bonchev–Trinajstić information content (AvgIpc) is 2.87. The highest BCUT2D eigenvalue weighted by atomic mass is 79.9. The Morgan fingerprint density at radius 3 is 2.50 bits per heavy atom. The predicted molar refractivity (Wildman–Crippen MR) is 80.4 cm³/mol. The van der Waals surface area contributed by atoms with Crippen LogP contribution in [0.4, 0.5) is 22.0 Å². The second kappa shape index (κ2) is 6.71. The van der Waals surface area contributed by atoms with E-state index in [0.29, 0.717) is 14.2 Å². The third kappa shape index (κ3) is 3.97. The summed E-state index contributed by atoms with van der Waals surface area (Å²) in [6.45, 7) is 0.227. The van der Waals surface area contributed by atoms with Crippen LogP contribution in [-0.4, -0.2) is 22.0 Å². The molecule has 2 heterocycles. The van der Waals surface area contributed by atoms with Crippen molar-refractivity contribution in [3.63, 3.8) is 0 Å². The number of halogens is 6. The molecule has 136 valence electrons. The second-order valence-electron chi connectivity index (χ2n) is 5.28. The van der Waals surface area contributed by atoms with Crippen molar-refractivity contribution in [1.82, 2.24) is 15.3 Å². The van der Waals surface area contributed by atoms with Crippen molar-refractivity contribution < 1.29 is 31.5 Å². The van der Waals surface area contributed by atoms with Crippen molar-refractivity contribution >= 4 is 27.7 Å². The summed E-state index contributed by atoms with van der Waals surface area (Å²) in [5, 5.41) is 3.71. The third-order valence-corrected chi connectivity index (χ3v) is 5.67. The molecular weight excluding hydrogens is 425 g/mol. The molecule has 0 fully saturated rings. The molecule has 1 aliphatic heterocycles. The molecule has 1 aromatic heterocycles. The number of nitrogens with one attached hydrogen (secondary N) is 1. The van der Waals surface area contributed by atoms with Gasteiger partial charge in [-0.05, 0) is 29.8 Å². The van der Waals surface area contributed by atoms with Gasteiger partial charge in [-0.15, -0.1) is 11.8 Å². The molecule has 0 aliphatic carbocycles. The zero-order valence-corrected chi connectivity index (χ0v) is 15.1. The summed E-state index contributed by atoms with van der Waals surface area (Å²) >= 11 is 4.25. The van der Waals surface area contributed by atoms with E-state index < -0.39 is 35.5 Å². The van der Waals surface area contributed by atoms with Crippen LogP contribution in [0.1, 0.15) is 25.1 Å². The molecule has 1 N–H and O–H groups in total. The Balaban J connectivity index is 2.33. The number of ether oxygens (including phenoxy) is 1. The number of aromatic nitrogens is 2. The lowest BCUT2D eigenvalue weighted by atomic mass is 10.1. The lowest BCUT2D eigenvalue weighted by molar-refractivity contribution is -0.142. The van der Waals surface area contributed by atoms with Crippen LogP contribution >= 0.6 is 27.7 Å². The van der Waals surface area contributed by atoms with Crippen molar-refractivity contribution in [2.24, 2.45) is 7.05 Å². The Bertz CT molecular complexity index is 660. The Hall–Kier alpha value is -1.01. The maximum Gasteiger partial charge on any atom is 0.435 e. The van der Waals surface area contributed by atoms with Crippen molar-refractivity contribution in [3.8, 4) is 5.88 Å². The molecule has 12 heteroatoms. The first kappa shape index (κ1) is 19.3. The van der Waals surface area contributed by atoms with Crippen LogP contribution in [0.15, 0.2) is 9.51 Å². The van der Waals surface area contributed by atoms with E-state index in [1.54, 1.807) is 13.8 Å². The van der Waals surface area contributed by atoms with E-state index in [2.05, 4.69) is 31.2 Å². The predicted octanol–water partition coefficient (Wildman–Crippen LogP) is 4.15. The fourth-order valence-corrected chi connectivity index (χ4v) is 3.44. The Kier molecular flexibility index (Phi) is 5.40. The molecule has 0 bridgehead atoms. The van der Waals surface area contributed by atoms with E-state index in [0.717, 1.165) is 18.8 Å². The molecule has 0 amide bonds. The highest BCUT2D eigenvalue weighted by molar-refractivity contribution is 9.11. The monoisotopic (exact) mass is 437 g/mol. The van der Waals surface area contributed by atoms with E-state index in [1.165, 1.54) is 0 Å². The maximum absolute atomic E-state index is 13.1. The summed E-state index contributed by atoms with van der Waals surface area (Å²) in [7, 11) is 1.11. The van der Waals surface area contributed by atoms with Crippen LogP contribution in [0.2, 0.25) is 0 Å². The van der Waals surface area contributed by atoms with Gasteiger partial charge in [0.2, 0.25) is 5.88 Å². The number of rotatable bonds is 5. The number of hydrogen-bond donors (Lipinski definition) is 1. The summed E-state index contributed by atoms with van der Waals surface area (Å²) in [4.78, 5) is 5.27. The third-order valence-electron chi connectivity index (χ3n) is 3.04. The van der Waals surface area contributed by atoms with Crippen molar-refractivity contribution in [2.45, 2.75) is 38.0 Å². The SMILES string of the molecule is Cn1nc(C(F)(F)F)c(CSC2=C(Br)C(C)(C)ON2)c1OC(F)F. The number of thioether (sulfide) groups is 1. The van der Waals surface area contributed by atoms with E-state index >= 15 is 0 Å². The quantitative estimate of drug-likeness (QED) is 0.701. The zero-order valence-electron chi connectivity index (χ0n) is 12.7. The summed E-state index contributed by atoms with van der Waals surface area (Å²) in [6.07, 6.45) is -4.79. The summed E-state index contributed by atoms with van der Waals surface area (Å²) < 4.78 is 69.7. The highest BCUT2D eigenvalue weighted by Gasteiger charge is 2.40. The standard InChI is InChI=1S/C12H13BrF5N3O2S/c1-11(2)6(13)8(20-23-11)24-4-5-7(12(16,17)18)19-21(3)9(5)22-10(14)15/h10,20H,4H2,1-3H3. The van der Waals surface area contributed by atoms with E-state index in [1.807, 2.05) is 0 Å². The molecule has 0 atom stereocenters. The lowest BCUT2D eigenvalue weighted by Crippen LogP contribution is -2.22. The fraction of sp³-hybridized carbons (Fsp3) is 0.583. The van der Waals surface area contributed by atoms with Crippen molar-refractivity contribution in [3.05, 3.63) is 20.8 Å². The van der Waals surface area contributed by atoms with Crippen molar-refractivity contribution in [1.29, 1.82) is 0 Å². The molecular formula is C12H13BrF5N3O2S. The van der Waals surface area contributed by atoms with Gasteiger partial charge in [-0.1, -0.05) is 0 Å². The van der Waals surface area contributed by atoms with Crippen LogP contribution < -0.4 is 10.2 Å². The second-order valence-corrected chi connectivity index (χ2v) is 7.06. The molecule has 0 radical (unpaired) electrons. The van der Waals surface area contributed by atoms with Gasteiger partial charge < -0.3 is 4.74 Å². The average molecular weight is 438 g/mol. The molecule has 0 unspecified atom stereocenters. The number of hydroxylamine groups is 1. The van der Waals surface area contributed by atoms with Gasteiger partial charge in [0.25, 0.3) is 0 Å².